The van der Waals surface area contributed by atoms with E-state index < -0.39 is 0 Å². The number of amides is 2. The molecule has 2 fully saturated rings. The van der Waals surface area contributed by atoms with E-state index >= 15 is 0 Å². The standard InChI is InChI=1S/C23H32N6O2/c1-15-21(16(2)27-26-15)24-20(31)12-29-11-10-19-22(18-8-6-5-7-9-18)28(4)13-23(19,14-29)25-17(3)30/h5-9,19,22H,10-14H2,1-4H3,(H,24,31)(H,25,30)(H,26,27)/t19-,22-,23+/m1/s1. The van der Waals surface area contributed by atoms with Crippen LogP contribution in [0.15, 0.2) is 30.3 Å². The lowest BCUT2D eigenvalue weighted by atomic mass is 9.75. The number of likely N-dealkylation sites (N-methyl/N-ethyl adjacent to an activating group) is 1. The molecule has 0 unspecified atom stereocenters. The van der Waals surface area contributed by atoms with Crippen molar-refractivity contribution in [3.63, 3.8) is 0 Å². The van der Waals surface area contributed by atoms with Gasteiger partial charge in [0.05, 0.1) is 29.2 Å². The molecule has 0 spiro atoms. The van der Waals surface area contributed by atoms with Crippen molar-refractivity contribution in [1.29, 1.82) is 0 Å². The SMILES string of the molecule is CC(=O)N[C@@]12CN(CC(=O)Nc3c(C)n[nH]c3C)CC[C@@H]1[C@@H](c1ccccc1)N(C)C2. The second kappa shape index (κ2) is 8.43. The summed E-state index contributed by atoms with van der Waals surface area (Å²) in [4.78, 5) is 29.4. The van der Waals surface area contributed by atoms with Gasteiger partial charge in [-0.25, -0.2) is 0 Å². The lowest BCUT2D eigenvalue weighted by Crippen LogP contribution is -2.64. The number of anilines is 1. The maximum atomic E-state index is 12.8. The predicted octanol–water partition coefficient (Wildman–Crippen LogP) is 1.85. The maximum Gasteiger partial charge on any atom is 0.238 e. The molecule has 2 aliphatic heterocycles. The van der Waals surface area contributed by atoms with Crippen LogP contribution in [0, 0.1) is 19.8 Å². The maximum absolute atomic E-state index is 12.8. The van der Waals surface area contributed by atoms with E-state index in [4.69, 9.17) is 0 Å². The average Bonchev–Trinajstić information content (AvgIpc) is 3.17. The molecule has 2 saturated heterocycles. The summed E-state index contributed by atoms with van der Waals surface area (Å²) >= 11 is 0. The van der Waals surface area contributed by atoms with Crippen LogP contribution in [0.2, 0.25) is 0 Å². The number of benzene rings is 1. The zero-order valence-corrected chi connectivity index (χ0v) is 18.7. The van der Waals surface area contributed by atoms with Gasteiger partial charge in [0.25, 0.3) is 0 Å². The van der Waals surface area contributed by atoms with Gasteiger partial charge in [0.15, 0.2) is 0 Å². The summed E-state index contributed by atoms with van der Waals surface area (Å²) in [6, 6.07) is 10.8. The Kier molecular flexibility index (Phi) is 5.85. The van der Waals surface area contributed by atoms with Crippen molar-refractivity contribution in [2.45, 2.75) is 38.8 Å². The van der Waals surface area contributed by atoms with Gasteiger partial charge in [0.1, 0.15) is 0 Å². The lowest BCUT2D eigenvalue weighted by Gasteiger charge is -2.45. The quantitative estimate of drug-likeness (QED) is 0.681. The van der Waals surface area contributed by atoms with Gasteiger partial charge in [-0.15, -0.1) is 0 Å². The molecule has 0 radical (unpaired) electrons. The zero-order chi connectivity index (χ0) is 22.2. The number of hydrogen-bond acceptors (Lipinski definition) is 5. The number of aromatic nitrogens is 2. The van der Waals surface area contributed by atoms with Crippen molar-refractivity contribution in [3.05, 3.63) is 47.3 Å². The topological polar surface area (TPSA) is 93.4 Å². The Morgan fingerprint density at radius 2 is 1.97 bits per heavy atom. The summed E-state index contributed by atoms with van der Waals surface area (Å²) in [7, 11) is 2.13. The van der Waals surface area contributed by atoms with Gasteiger partial charge in [-0.2, -0.15) is 5.10 Å². The van der Waals surface area contributed by atoms with Crippen LogP contribution in [0.25, 0.3) is 0 Å². The van der Waals surface area contributed by atoms with Crippen LogP contribution in [0.1, 0.15) is 36.3 Å². The second-order valence-corrected chi connectivity index (χ2v) is 9.07. The first-order valence-corrected chi connectivity index (χ1v) is 10.9. The first kappa shape index (κ1) is 21.5. The molecule has 0 bridgehead atoms. The Balaban J connectivity index is 1.51. The van der Waals surface area contributed by atoms with E-state index in [0.29, 0.717) is 12.5 Å². The second-order valence-electron chi connectivity index (χ2n) is 9.07. The van der Waals surface area contributed by atoms with Crippen molar-refractivity contribution >= 4 is 17.5 Å². The van der Waals surface area contributed by atoms with E-state index in [2.05, 4.69) is 61.9 Å². The molecule has 2 aliphatic rings. The summed E-state index contributed by atoms with van der Waals surface area (Å²) in [5, 5.41) is 13.3. The third-order valence-electron chi connectivity index (χ3n) is 6.69. The van der Waals surface area contributed by atoms with E-state index in [1.165, 1.54) is 5.56 Å². The normalized spacial score (nSPS) is 26.5. The fraction of sp³-hybridized carbons (Fsp3) is 0.522. The highest BCUT2D eigenvalue weighted by Gasteiger charge is 2.54. The molecule has 3 heterocycles. The highest BCUT2D eigenvalue weighted by molar-refractivity contribution is 5.93. The number of likely N-dealkylation sites (tertiary alicyclic amines) is 2. The number of carbonyl (C=O) groups excluding carboxylic acids is 2. The Morgan fingerprint density at radius 1 is 1.23 bits per heavy atom. The van der Waals surface area contributed by atoms with Crippen LogP contribution in [0.4, 0.5) is 5.69 Å². The van der Waals surface area contributed by atoms with Crippen molar-refractivity contribution in [2.75, 3.05) is 38.5 Å². The van der Waals surface area contributed by atoms with Gasteiger partial charge >= 0.3 is 0 Å². The monoisotopic (exact) mass is 424 g/mol. The number of nitrogens with zero attached hydrogens (tertiary/aromatic N) is 3. The largest absolute Gasteiger partial charge is 0.348 e. The van der Waals surface area contributed by atoms with Crippen molar-refractivity contribution in [1.82, 2.24) is 25.3 Å². The van der Waals surface area contributed by atoms with Crippen molar-refractivity contribution in [3.8, 4) is 0 Å². The van der Waals surface area contributed by atoms with Gasteiger partial charge in [-0.1, -0.05) is 30.3 Å². The fourth-order valence-electron chi connectivity index (χ4n) is 5.58. The molecule has 4 rings (SSSR count). The number of hydrogen-bond donors (Lipinski definition) is 3. The van der Waals surface area contributed by atoms with Crippen molar-refractivity contribution in [2.24, 2.45) is 5.92 Å². The first-order valence-electron chi connectivity index (χ1n) is 10.9. The third-order valence-corrected chi connectivity index (χ3v) is 6.69. The van der Waals surface area contributed by atoms with Crippen LogP contribution in [0.5, 0.6) is 0 Å². The zero-order valence-electron chi connectivity index (χ0n) is 18.7. The number of rotatable bonds is 5. The summed E-state index contributed by atoms with van der Waals surface area (Å²) in [5.74, 6) is 0.208. The molecule has 0 aliphatic carbocycles. The molecule has 1 aromatic heterocycles. The minimum atomic E-state index is -0.374. The summed E-state index contributed by atoms with van der Waals surface area (Å²) in [6.45, 7) is 7.87. The molecule has 3 N–H and O–H groups in total. The number of aryl methyl sites for hydroxylation is 2. The van der Waals surface area contributed by atoms with Gasteiger partial charge < -0.3 is 10.6 Å². The molecular formula is C23H32N6O2. The van der Waals surface area contributed by atoms with Crippen LogP contribution < -0.4 is 10.6 Å². The third kappa shape index (κ3) is 4.22. The van der Waals surface area contributed by atoms with Crippen LogP contribution >= 0.6 is 0 Å². The van der Waals surface area contributed by atoms with E-state index in [-0.39, 0.29) is 29.9 Å². The average molecular weight is 425 g/mol. The Hall–Kier alpha value is -2.71. The summed E-state index contributed by atoms with van der Waals surface area (Å²) < 4.78 is 0. The smallest absolute Gasteiger partial charge is 0.238 e. The van der Waals surface area contributed by atoms with Crippen LogP contribution in [0.3, 0.4) is 0 Å². The van der Waals surface area contributed by atoms with Crippen molar-refractivity contribution < 1.29 is 9.59 Å². The molecule has 31 heavy (non-hydrogen) atoms. The van der Waals surface area contributed by atoms with E-state index in [1.807, 2.05) is 19.9 Å². The molecule has 2 aromatic rings. The minimum absolute atomic E-state index is 0.0249. The highest BCUT2D eigenvalue weighted by atomic mass is 16.2. The first-order chi connectivity index (χ1) is 14.8. The Morgan fingerprint density at radius 3 is 2.61 bits per heavy atom. The summed E-state index contributed by atoms with van der Waals surface area (Å²) in [6.07, 6.45) is 0.918. The number of piperidine rings is 1. The molecule has 8 nitrogen and oxygen atoms in total. The lowest BCUT2D eigenvalue weighted by molar-refractivity contribution is -0.122. The molecule has 1 aromatic carbocycles. The number of aromatic amines is 1. The molecule has 166 valence electrons. The summed E-state index contributed by atoms with van der Waals surface area (Å²) in [5.41, 5.74) is 3.28. The van der Waals surface area contributed by atoms with Crippen LogP contribution in [-0.2, 0) is 9.59 Å². The van der Waals surface area contributed by atoms with Gasteiger partial charge in [0, 0.05) is 32.0 Å². The van der Waals surface area contributed by atoms with Gasteiger partial charge in [0.2, 0.25) is 11.8 Å². The minimum Gasteiger partial charge on any atom is -0.348 e. The Bertz CT molecular complexity index is 939. The van der Waals surface area contributed by atoms with Gasteiger partial charge in [-0.05, 0) is 39.4 Å². The van der Waals surface area contributed by atoms with E-state index in [0.717, 1.165) is 36.6 Å². The molecule has 3 atom stereocenters. The number of H-pyrrole nitrogens is 1. The Labute approximate surface area is 183 Å². The number of nitrogens with one attached hydrogen (secondary N) is 3. The molecule has 2 amide bonds. The highest BCUT2D eigenvalue weighted by Crippen LogP contribution is 2.46. The fourth-order valence-corrected chi connectivity index (χ4v) is 5.58. The molecule has 8 heteroatoms. The molecule has 0 saturated carbocycles. The number of carbonyl (C=O) groups is 2. The van der Waals surface area contributed by atoms with E-state index in [9.17, 15) is 9.59 Å². The van der Waals surface area contributed by atoms with E-state index in [1.54, 1.807) is 6.92 Å². The van der Waals surface area contributed by atoms with Gasteiger partial charge in [-0.3, -0.25) is 24.5 Å². The van der Waals surface area contributed by atoms with Crippen LogP contribution in [-0.4, -0.2) is 70.6 Å². The number of fused-ring (bicyclic) bond motifs is 1. The molecular weight excluding hydrogens is 392 g/mol. The predicted molar refractivity (Wildman–Crippen MR) is 120 cm³/mol.